The number of hydrogen-bond acceptors (Lipinski definition) is 6. The Bertz CT molecular complexity index is 417. The first kappa shape index (κ1) is 12.6. The molecule has 1 aliphatic rings. The van der Waals surface area contributed by atoms with Crippen LogP contribution in [0.3, 0.4) is 0 Å². The van der Waals surface area contributed by atoms with E-state index in [0.717, 1.165) is 25.7 Å². The van der Waals surface area contributed by atoms with Crippen molar-refractivity contribution in [2.75, 3.05) is 12.8 Å². The van der Waals surface area contributed by atoms with Crippen molar-refractivity contribution in [2.24, 2.45) is 5.92 Å². The molecule has 1 heterocycles. The molecule has 0 amide bonds. The van der Waals surface area contributed by atoms with Crippen LogP contribution in [0.4, 0.5) is 5.95 Å². The first-order valence-corrected chi connectivity index (χ1v) is 6.02. The van der Waals surface area contributed by atoms with Crippen molar-refractivity contribution in [1.29, 1.82) is 0 Å². The van der Waals surface area contributed by atoms with Gasteiger partial charge in [0.25, 0.3) is 0 Å². The highest BCUT2D eigenvalue weighted by Gasteiger charge is 2.27. The predicted molar refractivity (Wildman–Crippen MR) is 64.8 cm³/mol. The van der Waals surface area contributed by atoms with Crippen LogP contribution in [0.5, 0.6) is 5.88 Å². The van der Waals surface area contributed by atoms with Crippen LogP contribution in [-0.4, -0.2) is 29.2 Å². The molecule has 1 aromatic rings. The van der Waals surface area contributed by atoms with Crippen LogP contribution in [0.15, 0.2) is 12.3 Å². The predicted octanol–water partition coefficient (Wildman–Crippen LogP) is 1.17. The van der Waals surface area contributed by atoms with Gasteiger partial charge in [-0.1, -0.05) is 0 Å². The number of nitrogens with two attached hydrogens (primary N) is 1. The normalized spacial score (nSPS) is 23.4. The molecule has 2 rings (SSSR count). The summed E-state index contributed by atoms with van der Waals surface area (Å²) in [7, 11) is 1.43. The van der Waals surface area contributed by atoms with Gasteiger partial charge in [-0.05, 0) is 25.7 Å². The van der Waals surface area contributed by atoms with E-state index < -0.39 is 0 Å². The SMILES string of the molecule is COC(=O)C1CCC(Oc2ccnc(N)n2)CC1. The first-order valence-electron chi connectivity index (χ1n) is 6.02. The zero-order valence-electron chi connectivity index (χ0n) is 10.3. The van der Waals surface area contributed by atoms with E-state index in [1.165, 1.54) is 7.11 Å². The van der Waals surface area contributed by atoms with Crippen molar-refractivity contribution in [3.05, 3.63) is 12.3 Å². The minimum Gasteiger partial charge on any atom is -0.474 e. The third-order valence-corrected chi connectivity index (χ3v) is 3.14. The number of esters is 1. The van der Waals surface area contributed by atoms with E-state index >= 15 is 0 Å². The number of ether oxygens (including phenoxy) is 2. The highest BCUT2D eigenvalue weighted by Crippen LogP contribution is 2.27. The summed E-state index contributed by atoms with van der Waals surface area (Å²) in [5.41, 5.74) is 5.48. The standard InChI is InChI=1S/C12H17N3O3/c1-17-11(16)8-2-4-9(5-3-8)18-10-6-7-14-12(13)15-10/h6-9H,2-5H2,1H3,(H2,13,14,15). The van der Waals surface area contributed by atoms with Crippen molar-refractivity contribution in [2.45, 2.75) is 31.8 Å². The minimum atomic E-state index is -0.125. The molecule has 0 aromatic carbocycles. The lowest BCUT2D eigenvalue weighted by atomic mass is 9.87. The van der Waals surface area contributed by atoms with E-state index in [1.54, 1.807) is 12.3 Å². The second kappa shape index (κ2) is 5.66. The molecule has 0 atom stereocenters. The number of aromatic nitrogens is 2. The van der Waals surface area contributed by atoms with E-state index in [-0.39, 0.29) is 23.9 Å². The Morgan fingerprint density at radius 3 is 2.72 bits per heavy atom. The van der Waals surface area contributed by atoms with Crippen molar-refractivity contribution >= 4 is 11.9 Å². The first-order chi connectivity index (χ1) is 8.69. The number of anilines is 1. The van der Waals surface area contributed by atoms with E-state index in [2.05, 4.69) is 9.97 Å². The highest BCUT2D eigenvalue weighted by atomic mass is 16.5. The fourth-order valence-electron chi connectivity index (χ4n) is 2.18. The van der Waals surface area contributed by atoms with E-state index in [1.807, 2.05) is 0 Å². The minimum absolute atomic E-state index is 0.00492. The molecule has 0 saturated heterocycles. The van der Waals surface area contributed by atoms with Crippen molar-refractivity contribution in [1.82, 2.24) is 9.97 Å². The molecule has 0 spiro atoms. The van der Waals surface area contributed by atoms with Gasteiger partial charge in [0.05, 0.1) is 13.0 Å². The molecule has 1 fully saturated rings. The maximum absolute atomic E-state index is 11.4. The molecule has 1 aliphatic carbocycles. The van der Waals surface area contributed by atoms with Gasteiger partial charge >= 0.3 is 5.97 Å². The maximum Gasteiger partial charge on any atom is 0.308 e. The Morgan fingerprint density at radius 1 is 1.39 bits per heavy atom. The second-order valence-corrected chi connectivity index (χ2v) is 4.37. The highest BCUT2D eigenvalue weighted by molar-refractivity contribution is 5.72. The van der Waals surface area contributed by atoms with Gasteiger partial charge in [0.1, 0.15) is 6.10 Å². The molecule has 0 aliphatic heterocycles. The summed E-state index contributed by atoms with van der Waals surface area (Å²) < 4.78 is 10.5. The molecule has 2 N–H and O–H groups in total. The number of carbonyl (C=O) groups is 1. The molecule has 1 aromatic heterocycles. The summed E-state index contributed by atoms with van der Waals surface area (Å²) in [5.74, 6) is 0.574. The average Bonchev–Trinajstić information content (AvgIpc) is 2.39. The summed E-state index contributed by atoms with van der Waals surface area (Å²) in [6.07, 6.45) is 4.88. The molecule has 18 heavy (non-hydrogen) atoms. The second-order valence-electron chi connectivity index (χ2n) is 4.37. The van der Waals surface area contributed by atoms with Crippen LogP contribution in [0.25, 0.3) is 0 Å². The quantitative estimate of drug-likeness (QED) is 0.811. The average molecular weight is 251 g/mol. The third-order valence-electron chi connectivity index (χ3n) is 3.14. The van der Waals surface area contributed by atoms with Crippen molar-refractivity contribution in [3.63, 3.8) is 0 Å². The molecule has 0 radical (unpaired) electrons. The fourth-order valence-corrected chi connectivity index (χ4v) is 2.18. The Labute approximate surface area is 106 Å². The molecule has 6 nitrogen and oxygen atoms in total. The topological polar surface area (TPSA) is 87.3 Å². The lowest BCUT2D eigenvalue weighted by Gasteiger charge is -2.26. The molecule has 1 saturated carbocycles. The number of hydrogen-bond donors (Lipinski definition) is 1. The maximum atomic E-state index is 11.4. The number of nitrogens with zero attached hydrogens (tertiary/aromatic N) is 2. The smallest absolute Gasteiger partial charge is 0.308 e. The molecule has 0 unspecified atom stereocenters. The van der Waals surface area contributed by atoms with Crippen molar-refractivity contribution < 1.29 is 14.3 Å². The monoisotopic (exact) mass is 251 g/mol. The third kappa shape index (κ3) is 3.09. The Balaban J connectivity index is 1.85. The number of carbonyl (C=O) groups excluding carboxylic acids is 1. The summed E-state index contributed by atoms with van der Waals surface area (Å²) in [6.45, 7) is 0. The largest absolute Gasteiger partial charge is 0.474 e. The summed E-state index contributed by atoms with van der Waals surface area (Å²) >= 11 is 0. The Morgan fingerprint density at radius 2 is 2.11 bits per heavy atom. The summed E-state index contributed by atoms with van der Waals surface area (Å²) in [4.78, 5) is 19.2. The van der Waals surface area contributed by atoms with E-state index in [4.69, 9.17) is 15.2 Å². The van der Waals surface area contributed by atoms with Gasteiger partial charge in [0.2, 0.25) is 11.8 Å². The van der Waals surface area contributed by atoms with Gasteiger partial charge in [-0.3, -0.25) is 4.79 Å². The van der Waals surface area contributed by atoms with E-state index in [9.17, 15) is 4.79 Å². The van der Waals surface area contributed by atoms with Crippen LogP contribution in [-0.2, 0) is 9.53 Å². The molecule has 6 heteroatoms. The van der Waals surface area contributed by atoms with Crippen LogP contribution in [0.2, 0.25) is 0 Å². The zero-order valence-corrected chi connectivity index (χ0v) is 10.3. The molecule has 98 valence electrons. The van der Waals surface area contributed by atoms with Gasteiger partial charge in [-0.25, -0.2) is 4.98 Å². The van der Waals surface area contributed by atoms with Gasteiger partial charge in [-0.2, -0.15) is 4.98 Å². The van der Waals surface area contributed by atoms with Gasteiger partial charge in [0.15, 0.2) is 0 Å². The fraction of sp³-hybridized carbons (Fsp3) is 0.583. The Kier molecular flexibility index (Phi) is 3.96. The van der Waals surface area contributed by atoms with Crippen LogP contribution >= 0.6 is 0 Å². The van der Waals surface area contributed by atoms with Gasteiger partial charge in [0, 0.05) is 12.3 Å². The summed E-state index contributed by atoms with van der Waals surface area (Å²) in [5, 5.41) is 0. The zero-order chi connectivity index (χ0) is 13.0. The number of rotatable bonds is 3. The molecular weight excluding hydrogens is 234 g/mol. The number of nitrogen functional groups attached to an aromatic ring is 1. The van der Waals surface area contributed by atoms with Gasteiger partial charge < -0.3 is 15.2 Å². The van der Waals surface area contributed by atoms with E-state index in [0.29, 0.717) is 5.88 Å². The van der Waals surface area contributed by atoms with Crippen LogP contribution < -0.4 is 10.5 Å². The lowest BCUT2D eigenvalue weighted by Crippen LogP contribution is -2.28. The van der Waals surface area contributed by atoms with Crippen LogP contribution in [0, 0.1) is 5.92 Å². The summed E-state index contributed by atoms with van der Waals surface area (Å²) in [6, 6.07) is 1.68. The van der Waals surface area contributed by atoms with Crippen molar-refractivity contribution in [3.8, 4) is 5.88 Å². The lowest BCUT2D eigenvalue weighted by molar-refractivity contribution is -0.147. The number of methoxy groups -OCH3 is 1. The molecular formula is C12H17N3O3. The Hall–Kier alpha value is -1.85. The van der Waals surface area contributed by atoms with Gasteiger partial charge in [-0.15, -0.1) is 0 Å². The van der Waals surface area contributed by atoms with Crippen LogP contribution in [0.1, 0.15) is 25.7 Å². The molecule has 0 bridgehead atoms.